The average Bonchev–Trinajstić information content (AvgIpc) is 2.50. The van der Waals surface area contributed by atoms with Crippen LogP contribution in [0.3, 0.4) is 0 Å². The first kappa shape index (κ1) is 14.9. The molecule has 0 heterocycles. The molecule has 1 N–H and O–H groups in total. The smallest absolute Gasteiger partial charge is 0.335 e. The topological polar surface area (TPSA) is 64.3 Å². The Morgan fingerprint density at radius 3 is 2.52 bits per heavy atom. The molecule has 0 amide bonds. The van der Waals surface area contributed by atoms with Crippen LogP contribution in [-0.4, -0.2) is 17.6 Å². The predicted molar refractivity (Wildman–Crippen MR) is 82.1 cm³/mol. The molecule has 2 aromatic carbocycles. The fraction of sp³-hybridized carbons (Fsp3) is 0.125. The molecule has 0 bridgehead atoms. The van der Waals surface area contributed by atoms with Crippen LogP contribution in [0.2, 0.25) is 5.02 Å². The van der Waals surface area contributed by atoms with Gasteiger partial charge in [0.2, 0.25) is 0 Å². The van der Waals surface area contributed by atoms with Crippen LogP contribution in [0.15, 0.2) is 48.5 Å². The van der Waals surface area contributed by atoms with E-state index in [4.69, 9.17) is 22.0 Å². The normalized spacial score (nSPS) is 9.90. The number of carboxylic acid groups (broad SMARTS) is 1. The molecule has 0 aliphatic carbocycles. The largest absolute Gasteiger partial charge is 0.478 e. The van der Waals surface area contributed by atoms with Crippen LogP contribution in [0.1, 0.15) is 16.8 Å². The SMILES string of the molecule is N#CCCN(c1ccccc1)c1ccc(C(=O)O)cc1Cl. The van der Waals surface area contributed by atoms with Gasteiger partial charge >= 0.3 is 5.97 Å². The van der Waals surface area contributed by atoms with Gasteiger partial charge < -0.3 is 10.0 Å². The maximum absolute atomic E-state index is 11.0. The summed E-state index contributed by atoms with van der Waals surface area (Å²) in [5, 5.41) is 18.1. The highest BCUT2D eigenvalue weighted by Gasteiger charge is 2.14. The highest BCUT2D eigenvalue weighted by molar-refractivity contribution is 6.33. The molecule has 0 spiro atoms. The van der Waals surface area contributed by atoms with Gasteiger partial charge in [0, 0.05) is 12.2 Å². The van der Waals surface area contributed by atoms with Gasteiger partial charge in [0.15, 0.2) is 0 Å². The number of hydrogen-bond donors (Lipinski definition) is 1. The molecule has 0 aliphatic heterocycles. The van der Waals surface area contributed by atoms with E-state index >= 15 is 0 Å². The Morgan fingerprint density at radius 2 is 1.95 bits per heavy atom. The van der Waals surface area contributed by atoms with Crippen molar-refractivity contribution in [3.05, 3.63) is 59.1 Å². The van der Waals surface area contributed by atoms with Crippen LogP contribution in [0.5, 0.6) is 0 Å². The summed E-state index contributed by atoms with van der Waals surface area (Å²) in [6.45, 7) is 0.479. The molecule has 2 aromatic rings. The Bertz CT molecular complexity index is 680. The molecular weight excluding hydrogens is 288 g/mol. The van der Waals surface area contributed by atoms with Crippen molar-refractivity contribution in [1.82, 2.24) is 0 Å². The van der Waals surface area contributed by atoms with Gasteiger partial charge in [-0.15, -0.1) is 0 Å². The highest BCUT2D eigenvalue weighted by atomic mass is 35.5. The zero-order valence-corrected chi connectivity index (χ0v) is 11.9. The second-order valence-electron chi connectivity index (χ2n) is 4.37. The van der Waals surface area contributed by atoms with Crippen molar-refractivity contribution in [2.24, 2.45) is 0 Å². The molecule has 4 nitrogen and oxygen atoms in total. The van der Waals surface area contributed by atoms with E-state index in [1.54, 1.807) is 6.07 Å². The third-order valence-electron chi connectivity index (χ3n) is 3.00. The summed E-state index contributed by atoms with van der Waals surface area (Å²) in [4.78, 5) is 12.9. The Labute approximate surface area is 127 Å². The van der Waals surface area contributed by atoms with Gasteiger partial charge in [-0.1, -0.05) is 29.8 Å². The summed E-state index contributed by atoms with van der Waals surface area (Å²) in [6, 6.07) is 16.2. The molecule has 0 saturated heterocycles. The maximum atomic E-state index is 11.0. The van der Waals surface area contributed by atoms with Crippen LogP contribution in [0, 0.1) is 11.3 Å². The second kappa shape index (κ2) is 6.78. The van der Waals surface area contributed by atoms with E-state index in [2.05, 4.69) is 6.07 Å². The summed E-state index contributed by atoms with van der Waals surface area (Å²) in [5.41, 5.74) is 1.72. The summed E-state index contributed by atoms with van der Waals surface area (Å²) in [6.07, 6.45) is 0.339. The van der Waals surface area contributed by atoms with Gasteiger partial charge in [-0.2, -0.15) is 5.26 Å². The fourth-order valence-corrected chi connectivity index (χ4v) is 2.30. The second-order valence-corrected chi connectivity index (χ2v) is 4.77. The number of nitriles is 1. The number of carboxylic acids is 1. The quantitative estimate of drug-likeness (QED) is 0.903. The van der Waals surface area contributed by atoms with Crippen LogP contribution in [-0.2, 0) is 0 Å². The molecule has 0 atom stereocenters. The van der Waals surface area contributed by atoms with Gasteiger partial charge in [0.25, 0.3) is 0 Å². The molecule has 0 saturated carbocycles. The van der Waals surface area contributed by atoms with Crippen LogP contribution >= 0.6 is 11.6 Å². The lowest BCUT2D eigenvalue weighted by Crippen LogP contribution is -2.18. The first-order valence-corrected chi connectivity index (χ1v) is 6.73. The van der Waals surface area contributed by atoms with E-state index in [0.717, 1.165) is 5.69 Å². The van der Waals surface area contributed by atoms with E-state index < -0.39 is 5.97 Å². The number of rotatable bonds is 5. The minimum atomic E-state index is -1.02. The molecule has 0 fully saturated rings. The number of benzene rings is 2. The van der Waals surface area contributed by atoms with Gasteiger partial charge in [-0.25, -0.2) is 4.79 Å². The maximum Gasteiger partial charge on any atom is 0.335 e. The lowest BCUT2D eigenvalue weighted by molar-refractivity contribution is 0.0697. The van der Waals surface area contributed by atoms with E-state index in [1.807, 2.05) is 35.2 Å². The van der Waals surface area contributed by atoms with Crippen molar-refractivity contribution in [2.45, 2.75) is 6.42 Å². The summed E-state index contributed by atoms with van der Waals surface area (Å²) in [7, 11) is 0. The third kappa shape index (κ3) is 3.53. The van der Waals surface area contributed by atoms with Crippen molar-refractivity contribution in [3.8, 4) is 6.07 Å². The molecule has 0 radical (unpaired) electrons. The van der Waals surface area contributed by atoms with Crippen LogP contribution in [0.4, 0.5) is 11.4 Å². The molecule has 0 aliphatic rings. The third-order valence-corrected chi connectivity index (χ3v) is 3.30. The minimum absolute atomic E-state index is 0.136. The number of anilines is 2. The Kier molecular flexibility index (Phi) is 4.81. The molecule has 106 valence electrons. The van der Waals surface area contributed by atoms with Gasteiger partial charge in [-0.05, 0) is 30.3 Å². The Balaban J connectivity index is 2.42. The van der Waals surface area contributed by atoms with Crippen molar-refractivity contribution < 1.29 is 9.90 Å². The Morgan fingerprint density at radius 1 is 1.24 bits per heavy atom. The summed E-state index contributed by atoms with van der Waals surface area (Å²) >= 11 is 6.21. The van der Waals surface area contributed by atoms with Crippen molar-refractivity contribution in [1.29, 1.82) is 5.26 Å². The lowest BCUT2D eigenvalue weighted by Gasteiger charge is -2.25. The first-order chi connectivity index (χ1) is 10.1. The van der Waals surface area contributed by atoms with E-state index in [9.17, 15) is 4.79 Å². The van der Waals surface area contributed by atoms with E-state index in [-0.39, 0.29) is 5.56 Å². The average molecular weight is 301 g/mol. The molecule has 0 aromatic heterocycles. The number of halogens is 1. The van der Waals surface area contributed by atoms with E-state index in [1.165, 1.54) is 12.1 Å². The molecular formula is C16H13ClN2O2. The fourth-order valence-electron chi connectivity index (χ4n) is 2.02. The summed E-state index contributed by atoms with van der Waals surface area (Å²) in [5.74, 6) is -1.02. The minimum Gasteiger partial charge on any atom is -0.478 e. The highest BCUT2D eigenvalue weighted by Crippen LogP contribution is 2.32. The predicted octanol–water partition coefficient (Wildman–Crippen LogP) is 4.09. The number of para-hydroxylation sites is 1. The van der Waals surface area contributed by atoms with Crippen molar-refractivity contribution in [3.63, 3.8) is 0 Å². The lowest BCUT2D eigenvalue weighted by atomic mass is 10.1. The zero-order chi connectivity index (χ0) is 15.2. The van der Waals surface area contributed by atoms with Gasteiger partial charge in [0.05, 0.1) is 28.8 Å². The van der Waals surface area contributed by atoms with Gasteiger partial charge in [-0.3, -0.25) is 0 Å². The van der Waals surface area contributed by atoms with Crippen LogP contribution < -0.4 is 4.90 Å². The van der Waals surface area contributed by atoms with E-state index in [0.29, 0.717) is 23.7 Å². The summed E-state index contributed by atoms with van der Waals surface area (Å²) < 4.78 is 0. The number of hydrogen-bond acceptors (Lipinski definition) is 3. The Hall–Kier alpha value is -2.51. The monoisotopic (exact) mass is 300 g/mol. The zero-order valence-electron chi connectivity index (χ0n) is 11.2. The molecule has 2 rings (SSSR count). The number of carbonyl (C=O) groups is 1. The first-order valence-electron chi connectivity index (χ1n) is 6.36. The van der Waals surface area contributed by atoms with Gasteiger partial charge in [0.1, 0.15) is 0 Å². The molecule has 0 unspecified atom stereocenters. The number of aromatic carboxylic acids is 1. The molecule has 21 heavy (non-hydrogen) atoms. The molecule has 5 heteroatoms. The van der Waals surface area contributed by atoms with Crippen molar-refractivity contribution in [2.75, 3.05) is 11.4 Å². The van der Waals surface area contributed by atoms with Crippen LogP contribution in [0.25, 0.3) is 0 Å². The van der Waals surface area contributed by atoms with Crippen molar-refractivity contribution >= 4 is 28.9 Å². The standard InChI is InChI=1S/C16H13ClN2O2/c17-14-11-12(16(20)21)7-8-15(14)19(10-4-9-18)13-5-2-1-3-6-13/h1-3,5-8,11H,4,10H2,(H,20,21). The number of nitrogens with zero attached hydrogens (tertiary/aromatic N) is 2.